The summed E-state index contributed by atoms with van der Waals surface area (Å²) in [6.45, 7) is 2.93. The van der Waals surface area contributed by atoms with Gasteiger partial charge in [0.1, 0.15) is 17.5 Å². The van der Waals surface area contributed by atoms with Crippen molar-refractivity contribution in [2.75, 3.05) is 23.7 Å². The van der Waals surface area contributed by atoms with Gasteiger partial charge >= 0.3 is 6.18 Å². The van der Waals surface area contributed by atoms with Crippen LogP contribution >= 0.6 is 27.5 Å². The average molecular weight is 566 g/mol. The number of rotatable bonds is 8. The highest BCUT2D eigenvalue weighted by atomic mass is 79.9. The van der Waals surface area contributed by atoms with E-state index in [4.69, 9.17) is 16.6 Å². The maximum Gasteiger partial charge on any atom is 0.417 e. The van der Waals surface area contributed by atoms with Crippen LogP contribution in [0.15, 0.2) is 59.5 Å². The second-order valence-corrected chi connectivity index (χ2v) is 8.91. The zero-order valence-electron chi connectivity index (χ0n) is 18.5. The van der Waals surface area contributed by atoms with Crippen molar-refractivity contribution in [1.82, 2.24) is 19.9 Å². The summed E-state index contributed by atoms with van der Waals surface area (Å²) in [4.78, 5) is 16.3. The Morgan fingerprint density at radius 3 is 2.46 bits per heavy atom. The van der Waals surface area contributed by atoms with Crippen molar-refractivity contribution in [1.29, 1.82) is 0 Å². The maximum absolute atomic E-state index is 12.7. The number of aryl methyl sites for hydroxylation is 1. The Bertz CT molecular complexity index is 1290. The zero-order valence-corrected chi connectivity index (χ0v) is 20.9. The molecule has 3 heterocycles. The number of hydrogen-bond acceptors (Lipinski definition) is 5. The summed E-state index contributed by atoms with van der Waals surface area (Å²) in [5.41, 5.74) is 2.47. The Morgan fingerprint density at radius 1 is 1.03 bits per heavy atom. The summed E-state index contributed by atoms with van der Waals surface area (Å²) in [5, 5.41) is 6.88. The summed E-state index contributed by atoms with van der Waals surface area (Å²) >= 11 is 9.98. The van der Waals surface area contributed by atoms with Gasteiger partial charge in [0.05, 0.1) is 16.3 Å². The van der Waals surface area contributed by atoms with Crippen molar-refractivity contribution in [3.05, 3.63) is 75.6 Å². The van der Waals surface area contributed by atoms with Gasteiger partial charge in [-0.2, -0.15) is 13.2 Å². The van der Waals surface area contributed by atoms with Gasteiger partial charge in [-0.15, -0.1) is 0 Å². The molecule has 3 aromatic heterocycles. The number of anilines is 2. The first-order valence-corrected chi connectivity index (χ1v) is 11.9. The van der Waals surface area contributed by atoms with Crippen LogP contribution in [0.3, 0.4) is 0 Å². The minimum absolute atomic E-state index is 0.360. The minimum atomic E-state index is -4.41. The Labute approximate surface area is 213 Å². The second-order valence-electron chi connectivity index (χ2n) is 7.59. The van der Waals surface area contributed by atoms with Crippen LogP contribution in [0.1, 0.15) is 18.1 Å². The molecule has 0 amide bonds. The Morgan fingerprint density at radius 2 is 1.83 bits per heavy atom. The molecule has 0 saturated carbocycles. The van der Waals surface area contributed by atoms with Gasteiger partial charge in [-0.1, -0.05) is 40.5 Å². The van der Waals surface area contributed by atoms with Crippen LogP contribution < -0.4 is 10.6 Å². The molecule has 0 aliphatic carbocycles. The van der Waals surface area contributed by atoms with Gasteiger partial charge in [0.25, 0.3) is 0 Å². The van der Waals surface area contributed by atoms with E-state index in [0.717, 1.165) is 39.8 Å². The zero-order chi connectivity index (χ0) is 25.0. The molecule has 0 unspecified atom stereocenters. The number of H-pyrrole nitrogens is 1. The summed E-state index contributed by atoms with van der Waals surface area (Å²) < 4.78 is 39.0. The number of nitrogens with zero attached hydrogens (tertiary/aromatic N) is 3. The van der Waals surface area contributed by atoms with E-state index >= 15 is 0 Å². The Kier molecular flexibility index (Phi) is 7.61. The molecular weight excluding hydrogens is 545 g/mol. The van der Waals surface area contributed by atoms with Crippen molar-refractivity contribution in [3.63, 3.8) is 0 Å². The van der Waals surface area contributed by atoms with E-state index < -0.39 is 11.7 Å². The third-order valence-corrected chi connectivity index (χ3v) is 6.04. The molecule has 0 aliphatic rings. The van der Waals surface area contributed by atoms with Crippen molar-refractivity contribution < 1.29 is 13.2 Å². The fourth-order valence-electron chi connectivity index (χ4n) is 3.49. The molecule has 0 radical (unpaired) electrons. The summed E-state index contributed by atoms with van der Waals surface area (Å²) in [5.74, 6) is 1.74. The lowest BCUT2D eigenvalue weighted by Crippen LogP contribution is -2.16. The number of pyridine rings is 2. The first-order chi connectivity index (χ1) is 16.8. The van der Waals surface area contributed by atoms with Crippen LogP contribution in [0.4, 0.5) is 24.8 Å². The molecule has 0 saturated heterocycles. The number of nitrogens with one attached hydrogen (secondary N) is 3. The molecule has 35 heavy (non-hydrogen) atoms. The van der Waals surface area contributed by atoms with Gasteiger partial charge in [0.15, 0.2) is 0 Å². The molecular formula is C24H21BrClF3N6. The van der Waals surface area contributed by atoms with E-state index in [2.05, 4.69) is 41.5 Å². The van der Waals surface area contributed by atoms with Crippen molar-refractivity contribution in [2.24, 2.45) is 0 Å². The number of halogens is 5. The van der Waals surface area contributed by atoms with Gasteiger partial charge in [-0.25, -0.2) is 15.0 Å². The molecule has 0 atom stereocenters. The Hall–Kier alpha value is -3.11. The molecule has 0 aliphatic heterocycles. The SMILES string of the molecule is CCc1cc(-c2ncc[nH]2)c(-c2ccc(Br)cc2Cl)nc1NCCNc1ccc(C(F)(F)F)cn1. The van der Waals surface area contributed by atoms with Gasteiger partial charge in [0.2, 0.25) is 0 Å². The molecule has 0 spiro atoms. The molecule has 11 heteroatoms. The topological polar surface area (TPSA) is 78.5 Å². The highest BCUT2D eigenvalue weighted by molar-refractivity contribution is 9.10. The van der Waals surface area contributed by atoms with Crippen LogP contribution in [0.5, 0.6) is 0 Å². The first-order valence-electron chi connectivity index (χ1n) is 10.8. The van der Waals surface area contributed by atoms with Crippen molar-refractivity contribution in [2.45, 2.75) is 19.5 Å². The first kappa shape index (κ1) is 25.0. The van der Waals surface area contributed by atoms with E-state index in [0.29, 0.717) is 41.3 Å². The molecule has 3 N–H and O–H groups in total. The minimum Gasteiger partial charge on any atom is -0.368 e. The third kappa shape index (κ3) is 5.94. The van der Waals surface area contributed by atoms with Crippen LogP contribution in [0, 0.1) is 0 Å². The van der Waals surface area contributed by atoms with Crippen LogP contribution in [0.2, 0.25) is 5.02 Å². The summed E-state index contributed by atoms with van der Waals surface area (Å²) in [6.07, 6.45) is 0.563. The second kappa shape index (κ2) is 10.7. The lowest BCUT2D eigenvalue weighted by atomic mass is 10.0. The predicted octanol–water partition coefficient (Wildman–Crippen LogP) is 7.05. The molecule has 1 aromatic carbocycles. The summed E-state index contributed by atoms with van der Waals surface area (Å²) in [6, 6.07) is 9.95. The van der Waals surface area contributed by atoms with Gasteiger partial charge in [-0.05, 0) is 42.3 Å². The van der Waals surface area contributed by atoms with Crippen LogP contribution in [-0.4, -0.2) is 33.0 Å². The van der Waals surface area contributed by atoms with Crippen LogP contribution in [0.25, 0.3) is 22.6 Å². The van der Waals surface area contributed by atoms with E-state index in [-0.39, 0.29) is 0 Å². The van der Waals surface area contributed by atoms with Gasteiger partial charge in [0, 0.05) is 47.3 Å². The number of aromatic amines is 1. The quantitative estimate of drug-likeness (QED) is 0.200. The third-order valence-electron chi connectivity index (χ3n) is 5.24. The number of aromatic nitrogens is 4. The largest absolute Gasteiger partial charge is 0.417 e. The number of hydrogen-bond donors (Lipinski definition) is 3. The average Bonchev–Trinajstić information content (AvgIpc) is 3.36. The van der Waals surface area contributed by atoms with Crippen molar-refractivity contribution in [3.8, 4) is 22.6 Å². The summed E-state index contributed by atoms with van der Waals surface area (Å²) in [7, 11) is 0. The monoisotopic (exact) mass is 564 g/mol. The highest BCUT2D eigenvalue weighted by Gasteiger charge is 2.30. The van der Waals surface area contributed by atoms with Gasteiger partial charge in [-0.3, -0.25) is 0 Å². The highest BCUT2D eigenvalue weighted by Crippen LogP contribution is 2.37. The predicted molar refractivity (Wildman–Crippen MR) is 136 cm³/mol. The lowest BCUT2D eigenvalue weighted by molar-refractivity contribution is -0.137. The normalized spacial score (nSPS) is 11.5. The smallest absolute Gasteiger partial charge is 0.368 e. The van der Waals surface area contributed by atoms with E-state index in [1.54, 1.807) is 12.4 Å². The number of imidazole rings is 1. The molecule has 182 valence electrons. The van der Waals surface area contributed by atoms with E-state index in [1.165, 1.54) is 6.07 Å². The fraction of sp³-hybridized carbons (Fsp3) is 0.208. The lowest BCUT2D eigenvalue weighted by Gasteiger charge is -2.16. The van der Waals surface area contributed by atoms with Gasteiger partial charge < -0.3 is 15.6 Å². The van der Waals surface area contributed by atoms with Crippen LogP contribution in [-0.2, 0) is 12.6 Å². The standard InChI is InChI=1S/C24H21BrClF3N6/c1-2-14-11-18(23-32-9-10-33-23)21(17-5-4-16(25)12-19(17)26)35-22(14)31-8-7-30-20-6-3-15(13-34-20)24(27,28)29/h3-6,9-13H,2,7-8H2,1H3,(H,30,34)(H,31,35)(H,32,33). The van der Waals surface area contributed by atoms with E-state index in [9.17, 15) is 13.2 Å². The fourth-order valence-corrected chi connectivity index (χ4v) is 4.26. The molecule has 4 aromatic rings. The Balaban J connectivity index is 1.55. The maximum atomic E-state index is 12.7. The number of benzene rings is 1. The molecule has 0 bridgehead atoms. The van der Waals surface area contributed by atoms with E-state index in [1.807, 2.05) is 31.2 Å². The van der Waals surface area contributed by atoms with Crippen molar-refractivity contribution >= 4 is 39.2 Å². The molecule has 4 rings (SSSR count). The molecule has 0 fully saturated rings. The molecule has 6 nitrogen and oxygen atoms in total. The number of alkyl halides is 3.